The summed E-state index contributed by atoms with van der Waals surface area (Å²) >= 11 is 0. The number of aromatic nitrogens is 2. The number of nitrogens with one attached hydrogen (secondary N) is 1. The number of aryl methyl sites for hydroxylation is 1. The van der Waals surface area contributed by atoms with E-state index in [0.717, 1.165) is 30.9 Å². The maximum Gasteiger partial charge on any atom is 0.159 e. The Morgan fingerprint density at radius 2 is 2.00 bits per heavy atom. The molecule has 1 N–H and O–H groups in total. The van der Waals surface area contributed by atoms with Gasteiger partial charge in [0.15, 0.2) is 11.6 Å². The van der Waals surface area contributed by atoms with Gasteiger partial charge in [0.1, 0.15) is 5.82 Å². The Labute approximate surface area is 124 Å². The highest BCUT2D eigenvalue weighted by atomic mass is 19.2. The molecule has 0 radical (unpaired) electrons. The highest BCUT2D eigenvalue weighted by Gasteiger charge is 2.14. The monoisotopic (exact) mass is 293 g/mol. The minimum Gasteiger partial charge on any atom is -0.335 e. The number of hydrogen-bond acceptors (Lipinski definition) is 2. The first kappa shape index (κ1) is 15.6. The quantitative estimate of drug-likeness (QED) is 0.850. The van der Waals surface area contributed by atoms with Gasteiger partial charge in [0, 0.05) is 31.4 Å². The predicted octanol–water partition coefficient (Wildman–Crippen LogP) is 2.94. The number of nitrogens with zero attached hydrogens (tertiary/aromatic N) is 2. The summed E-state index contributed by atoms with van der Waals surface area (Å²) in [6, 6.07) is 4.23. The zero-order valence-corrected chi connectivity index (χ0v) is 12.4. The van der Waals surface area contributed by atoms with E-state index in [-0.39, 0.29) is 6.04 Å². The van der Waals surface area contributed by atoms with E-state index in [0.29, 0.717) is 6.42 Å². The maximum atomic E-state index is 13.3. The third kappa shape index (κ3) is 4.11. The van der Waals surface area contributed by atoms with Crippen molar-refractivity contribution < 1.29 is 8.78 Å². The molecule has 1 atom stereocenters. The number of halogens is 2. The van der Waals surface area contributed by atoms with Crippen LogP contribution in [0.4, 0.5) is 8.78 Å². The first-order valence-electron chi connectivity index (χ1n) is 7.31. The summed E-state index contributed by atoms with van der Waals surface area (Å²) in [5.74, 6) is -0.593. The summed E-state index contributed by atoms with van der Waals surface area (Å²) in [6.07, 6.45) is 5.14. The molecule has 0 fully saturated rings. The van der Waals surface area contributed by atoms with Crippen molar-refractivity contribution in [1.82, 2.24) is 14.9 Å². The van der Waals surface area contributed by atoms with Crippen LogP contribution < -0.4 is 5.32 Å². The van der Waals surface area contributed by atoms with Crippen molar-refractivity contribution in [3.8, 4) is 0 Å². The zero-order valence-electron chi connectivity index (χ0n) is 12.4. The van der Waals surface area contributed by atoms with Gasteiger partial charge in [-0.2, -0.15) is 0 Å². The van der Waals surface area contributed by atoms with Crippen LogP contribution in [-0.4, -0.2) is 22.1 Å². The van der Waals surface area contributed by atoms with Gasteiger partial charge in [0.05, 0.1) is 0 Å². The Balaban J connectivity index is 2.09. The molecule has 0 bridgehead atoms. The van der Waals surface area contributed by atoms with Crippen LogP contribution in [0.15, 0.2) is 30.6 Å². The smallest absolute Gasteiger partial charge is 0.159 e. The number of benzene rings is 1. The lowest BCUT2D eigenvalue weighted by molar-refractivity contribution is 0.488. The summed E-state index contributed by atoms with van der Waals surface area (Å²) in [5, 5.41) is 3.39. The maximum absolute atomic E-state index is 13.3. The third-order valence-corrected chi connectivity index (χ3v) is 3.53. The van der Waals surface area contributed by atoms with Crippen molar-refractivity contribution in [3.63, 3.8) is 0 Å². The molecule has 2 rings (SSSR count). The molecule has 21 heavy (non-hydrogen) atoms. The largest absolute Gasteiger partial charge is 0.335 e. The molecule has 5 heteroatoms. The Morgan fingerprint density at radius 3 is 2.67 bits per heavy atom. The van der Waals surface area contributed by atoms with E-state index in [1.807, 2.05) is 13.1 Å². The van der Waals surface area contributed by atoms with Crippen molar-refractivity contribution >= 4 is 0 Å². The van der Waals surface area contributed by atoms with E-state index in [9.17, 15) is 8.78 Å². The van der Waals surface area contributed by atoms with Crippen LogP contribution in [0.25, 0.3) is 0 Å². The molecular formula is C16H21F2N3. The van der Waals surface area contributed by atoms with E-state index in [2.05, 4.69) is 21.8 Å². The van der Waals surface area contributed by atoms with Crippen LogP contribution in [-0.2, 0) is 19.4 Å². The highest BCUT2D eigenvalue weighted by Crippen LogP contribution is 2.12. The molecule has 0 amide bonds. The summed E-state index contributed by atoms with van der Waals surface area (Å²) in [4.78, 5) is 4.37. The Hall–Kier alpha value is -1.75. The van der Waals surface area contributed by atoms with E-state index < -0.39 is 11.6 Å². The van der Waals surface area contributed by atoms with E-state index in [1.54, 1.807) is 12.3 Å². The van der Waals surface area contributed by atoms with Crippen LogP contribution in [0.2, 0.25) is 0 Å². The fraction of sp³-hybridized carbons (Fsp3) is 0.438. The first-order valence-corrected chi connectivity index (χ1v) is 7.31. The van der Waals surface area contributed by atoms with Gasteiger partial charge in [-0.3, -0.25) is 0 Å². The molecule has 1 heterocycles. The molecule has 0 saturated heterocycles. The van der Waals surface area contributed by atoms with Gasteiger partial charge in [-0.15, -0.1) is 0 Å². The minimum atomic E-state index is -0.805. The van der Waals surface area contributed by atoms with Gasteiger partial charge in [-0.25, -0.2) is 13.8 Å². The van der Waals surface area contributed by atoms with Crippen molar-refractivity contribution in [3.05, 3.63) is 53.6 Å². The molecule has 2 aromatic rings. The lowest BCUT2D eigenvalue weighted by Crippen LogP contribution is -2.34. The van der Waals surface area contributed by atoms with E-state index >= 15 is 0 Å². The van der Waals surface area contributed by atoms with Crippen LogP contribution >= 0.6 is 0 Å². The molecular weight excluding hydrogens is 272 g/mol. The molecule has 0 aliphatic rings. The molecule has 1 aromatic heterocycles. The zero-order chi connectivity index (χ0) is 15.2. The van der Waals surface area contributed by atoms with E-state index in [4.69, 9.17) is 0 Å². The lowest BCUT2D eigenvalue weighted by atomic mass is 10.0. The van der Waals surface area contributed by atoms with Crippen LogP contribution in [0.5, 0.6) is 0 Å². The van der Waals surface area contributed by atoms with Crippen LogP contribution in [0, 0.1) is 11.6 Å². The Kier molecular flexibility index (Phi) is 5.44. The fourth-order valence-corrected chi connectivity index (χ4v) is 2.49. The number of hydrogen-bond donors (Lipinski definition) is 1. The van der Waals surface area contributed by atoms with Crippen molar-refractivity contribution in [1.29, 1.82) is 0 Å². The molecule has 0 aliphatic heterocycles. The Morgan fingerprint density at radius 1 is 1.19 bits per heavy atom. The summed E-state index contributed by atoms with van der Waals surface area (Å²) < 4.78 is 28.4. The SMILES string of the molecule is CCNC(Cc1ccc(F)c(F)c1)Cc1nccn1CC. The normalized spacial score (nSPS) is 12.6. The predicted molar refractivity (Wildman–Crippen MR) is 79.1 cm³/mol. The molecule has 1 unspecified atom stereocenters. The number of likely N-dealkylation sites (N-methyl/N-ethyl adjacent to an activating group) is 1. The van der Waals surface area contributed by atoms with E-state index in [1.165, 1.54) is 12.1 Å². The molecule has 114 valence electrons. The standard InChI is InChI=1S/C16H21F2N3/c1-3-19-13(11-16-20-7-8-21(16)4-2)9-12-5-6-14(17)15(18)10-12/h5-8,10,13,19H,3-4,9,11H2,1-2H3. The van der Waals surface area contributed by atoms with Gasteiger partial charge in [0.25, 0.3) is 0 Å². The van der Waals surface area contributed by atoms with Crippen molar-refractivity contribution in [2.45, 2.75) is 39.3 Å². The van der Waals surface area contributed by atoms with Gasteiger partial charge in [-0.05, 0) is 37.6 Å². The van der Waals surface area contributed by atoms with Crippen LogP contribution in [0.1, 0.15) is 25.2 Å². The first-order chi connectivity index (χ1) is 10.1. The van der Waals surface area contributed by atoms with Gasteiger partial charge >= 0.3 is 0 Å². The summed E-state index contributed by atoms with van der Waals surface area (Å²) in [7, 11) is 0. The minimum absolute atomic E-state index is 0.146. The average molecular weight is 293 g/mol. The summed E-state index contributed by atoms with van der Waals surface area (Å²) in [6.45, 7) is 5.80. The highest BCUT2D eigenvalue weighted by molar-refractivity contribution is 5.19. The molecule has 0 spiro atoms. The molecule has 1 aromatic carbocycles. The fourth-order valence-electron chi connectivity index (χ4n) is 2.49. The van der Waals surface area contributed by atoms with Crippen molar-refractivity contribution in [2.75, 3.05) is 6.54 Å². The second kappa shape index (κ2) is 7.31. The lowest BCUT2D eigenvalue weighted by Gasteiger charge is -2.18. The second-order valence-corrected chi connectivity index (χ2v) is 5.04. The topological polar surface area (TPSA) is 29.9 Å². The van der Waals surface area contributed by atoms with Gasteiger partial charge in [-0.1, -0.05) is 13.0 Å². The van der Waals surface area contributed by atoms with Crippen molar-refractivity contribution in [2.24, 2.45) is 0 Å². The average Bonchev–Trinajstić information content (AvgIpc) is 2.90. The number of rotatable bonds is 7. The summed E-state index contributed by atoms with van der Waals surface area (Å²) in [5.41, 5.74) is 0.787. The third-order valence-electron chi connectivity index (χ3n) is 3.53. The molecule has 3 nitrogen and oxygen atoms in total. The number of imidazole rings is 1. The second-order valence-electron chi connectivity index (χ2n) is 5.04. The van der Waals surface area contributed by atoms with Gasteiger partial charge in [0.2, 0.25) is 0 Å². The Bertz CT molecular complexity index is 581. The molecule has 0 saturated carbocycles. The van der Waals surface area contributed by atoms with Crippen LogP contribution in [0.3, 0.4) is 0 Å². The molecule has 0 aliphatic carbocycles. The van der Waals surface area contributed by atoms with Gasteiger partial charge < -0.3 is 9.88 Å².